The number of amides is 1. The molecule has 3 heterocycles. The molecule has 1 aliphatic heterocycles. The molecule has 37 heavy (non-hydrogen) atoms. The lowest BCUT2D eigenvalue weighted by Crippen LogP contribution is -2.19. The maximum absolute atomic E-state index is 13.3. The Bertz CT molecular complexity index is 1330. The van der Waals surface area contributed by atoms with Gasteiger partial charge < -0.3 is 19.4 Å². The van der Waals surface area contributed by atoms with Gasteiger partial charge in [0.05, 0.1) is 6.10 Å². The lowest BCUT2D eigenvalue weighted by Gasteiger charge is -2.14. The molecule has 1 N–H and O–H groups in total. The number of ether oxygens (including phenoxy) is 2. The lowest BCUT2D eigenvalue weighted by atomic mass is 10.0. The molecule has 0 aliphatic carbocycles. The molecule has 1 aliphatic rings. The van der Waals surface area contributed by atoms with E-state index in [-0.39, 0.29) is 23.4 Å². The van der Waals surface area contributed by atoms with Gasteiger partial charge in [-0.1, -0.05) is 35.9 Å². The Morgan fingerprint density at radius 2 is 1.95 bits per heavy atom. The summed E-state index contributed by atoms with van der Waals surface area (Å²) in [4.78, 5) is 38.8. The minimum absolute atomic E-state index is 0.153. The van der Waals surface area contributed by atoms with Crippen LogP contribution in [-0.4, -0.2) is 41.5 Å². The van der Waals surface area contributed by atoms with E-state index in [1.807, 2.05) is 69.5 Å². The maximum Gasteiger partial charge on any atom is 0.342 e. The highest BCUT2D eigenvalue weighted by Gasteiger charge is 2.25. The second-order valence-corrected chi connectivity index (χ2v) is 10.3. The molecule has 4 rings (SSSR count). The van der Waals surface area contributed by atoms with Crippen LogP contribution in [0, 0.1) is 13.8 Å². The maximum atomic E-state index is 13.3. The minimum Gasteiger partial charge on any atom is -0.454 e. The number of esters is 1. The molecule has 0 radical (unpaired) electrons. The number of nitrogens with zero attached hydrogens (tertiary/aromatic N) is 1. The van der Waals surface area contributed by atoms with E-state index in [0.717, 1.165) is 42.0 Å². The zero-order valence-electron chi connectivity index (χ0n) is 21.6. The number of nitrogens with one attached hydrogen (secondary N) is 1. The topological polar surface area (TPSA) is 86.6 Å². The number of ketones is 1. The molecule has 1 fully saturated rings. The van der Waals surface area contributed by atoms with Gasteiger partial charge in [0, 0.05) is 47.1 Å². The fourth-order valence-electron chi connectivity index (χ4n) is 4.53. The summed E-state index contributed by atoms with van der Waals surface area (Å²) >= 11 is 1.25. The summed E-state index contributed by atoms with van der Waals surface area (Å²) in [6.07, 6.45) is 3.68. The molecule has 7 nitrogen and oxygen atoms in total. The van der Waals surface area contributed by atoms with Crippen molar-refractivity contribution in [3.05, 3.63) is 75.9 Å². The van der Waals surface area contributed by atoms with Crippen molar-refractivity contribution in [2.24, 2.45) is 0 Å². The Hall–Kier alpha value is -3.49. The minimum atomic E-state index is -0.658. The van der Waals surface area contributed by atoms with E-state index in [1.165, 1.54) is 17.4 Å². The first-order chi connectivity index (χ1) is 17.7. The first-order valence-corrected chi connectivity index (χ1v) is 13.2. The average Bonchev–Trinajstić information content (AvgIpc) is 3.59. The number of aryl methyl sites for hydroxylation is 1. The van der Waals surface area contributed by atoms with Crippen LogP contribution in [0.4, 0.5) is 5.00 Å². The zero-order valence-corrected chi connectivity index (χ0v) is 22.4. The molecule has 0 unspecified atom stereocenters. The fraction of sp³-hybridized carbons (Fsp3) is 0.345. The molecule has 8 heteroatoms. The third-order valence-electron chi connectivity index (χ3n) is 6.36. The number of allylic oxidation sites excluding steroid dienone is 1. The molecule has 3 aromatic rings. The number of benzene rings is 1. The molecule has 2 aromatic heterocycles. The Morgan fingerprint density at radius 3 is 2.62 bits per heavy atom. The number of thiophene rings is 1. The van der Waals surface area contributed by atoms with Crippen molar-refractivity contribution in [2.75, 3.05) is 18.5 Å². The van der Waals surface area contributed by atoms with Gasteiger partial charge in [-0.05, 0) is 52.2 Å². The van der Waals surface area contributed by atoms with Crippen LogP contribution in [-0.2, 0) is 20.8 Å². The Morgan fingerprint density at radius 1 is 1.19 bits per heavy atom. The van der Waals surface area contributed by atoms with Crippen LogP contribution < -0.4 is 5.32 Å². The molecule has 194 valence electrons. The quantitative estimate of drug-likeness (QED) is 0.214. The summed E-state index contributed by atoms with van der Waals surface area (Å²) < 4.78 is 13.4. The number of carbonyl (C=O) groups excluding carboxylic acids is 3. The van der Waals surface area contributed by atoms with Crippen LogP contribution >= 0.6 is 11.3 Å². The standard InChI is InChI=1S/C29H32N2O5S/c1-18(2)13-26(33)30-28-27(24(17-37-28)21-9-6-5-7-10-21)29(34)36-16-25(32)23-14-19(3)31(20(23)4)15-22-11-8-12-35-22/h5-7,9-10,13-14,17,22H,8,11-12,15-16H2,1-4H3,(H,30,33)/t22-/m0/s1. The van der Waals surface area contributed by atoms with Crippen LogP contribution in [0.1, 0.15) is 58.8 Å². The second-order valence-electron chi connectivity index (χ2n) is 9.46. The number of hydrogen-bond acceptors (Lipinski definition) is 6. The number of rotatable bonds is 9. The third kappa shape index (κ3) is 6.26. The van der Waals surface area contributed by atoms with Gasteiger partial charge in [0.1, 0.15) is 10.6 Å². The van der Waals surface area contributed by atoms with Crippen LogP contribution in [0.25, 0.3) is 11.1 Å². The van der Waals surface area contributed by atoms with Gasteiger partial charge in [-0.15, -0.1) is 11.3 Å². The Labute approximate surface area is 221 Å². The largest absolute Gasteiger partial charge is 0.454 e. The number of Topliss-reactive ketones (excluding diaryl/α,β-unsaturated/α-hetero) is 1. The van der Waals surface area contributed by atoms with Crippen molar-refractivity contribution < 1.29 is 23.9 Å². The molecule has 0 spiro atoms. The lowest BCUT2D eigenvalue weighted by molar-refractivity contribution is -0.111. The van der Waals surface area contributed by atoms with E-state index < -0.39 is 12.6 Å². The molecule has 1 saturated heterocycles. The number of anilines is 1. The van der Waals surface area contributed by atoms with Gasteiger partial charge in [-0.3, -0.25) is 9.59 Å². The van der Waals surface area contributed by atoms with E-state index >= 15 is 0 Å². The van der Waals surface area contributed by atoms with Gasteiger partial charge in [0.15, 0.2) is 6.61 Å². The second kappa shape index (κ2) is 11.7. The van der Waals surface area contributed by atoms with Gasteiger partial charge in [-0.2, -0.15) is 0 Å². The highest BCUT2D eigenvalue weighted by molar-refractivity contribution is 7.15. The van der Waals surface area contributed by atoms with Crippen molar-refractivity contribution >= 4 is 34.0 Å². The van der Waals surface area contributed by atoms with E-state index in [9.17, 15) is 14.4 Å². The first kappa shape index (κ1) is 26.6. The SMILES string of the molecule is CC(C)=CC(=O)Nc1scc(-c2ccccc2)c1C(=O)OCC(=O)c1cc(C)n(C[C@@H]2CCCO2)c1C. The molecule has 0 bridgehead atoms. The average molecular weight is 521 g/mol. The van der Waals surface area contributed by atoms with E-state index in [2.05, 4.69) is 9.88 Å². The monoisotopic (exact) mass is 520 g/mol. The van der Waals surface area contributed by atoms with Crippen molar-refractivity contribution in [2.45, 2.75) is 53.2 Å². The number of aromatic nitrogens is 1. The number of hydrogen-bond donors (Lipinski definition) is 1. The summed E-state index contributed by atoms with van der Waals surface area (Å²) in [6, 6.07) is 11.2. The summed E-state index contributed by atoms with van der Waals surface area (Å²) in [5.41, 5.74) is 4.88. The van der Waals surface area contributed by atoms with E-state index in [1.54, 1.807) is 0 Å². The highest BCUT2D eigenvalue weighted by Crippen LogP contribution is 2.36. The molecule has 1 atom stereocenters. The van der Waals surface area contributed by atoms with E-state index in [4.69, 9.17) is 9.47 Å². The van der Waals surface area contributed by atoms with Crippen LogP contribution in [0.3, 0.4) is 0 Å². The summed E-state index contributed by atoms with van der Waals surface area (Å²) in [5, 5.41) is 4.98. The van der Waals surface area contributed by atoms with Crippen LogP contribution in [0.2, 0.25) is 0 Å². The van der Waals surface area contributed by atoms with Crippen LogP contribution in [0.15, 0.2) is 53.4 Å². The predicted molar refractivity (Wildman–Crippen MR) is 145 cm³/mol. The first-order valence-electron chi connectivity index (χ1n) is 12.4. The molecule has 1 amide bonds. The smallest absolute Gasteiger partial charge is 0.342 e. The molecule has 1 aromatic carbocycles. The van der Waals surface area contributed by atoms with Gasteiger partial charge in [-0.25, -0.2) is 4.79 Å². The van der Waals surface area contributed by atoms with E-state index in [0.29, 0.717) is 22.7 Å². The molecular formula is C29H32N2O5S. The van der Waals surface area contributed by atoms with Crippen molar-refractivity contribution in [3.63, 3.8) is 0 Å². The normalized spacial score (nSPS) is 14.9. The predicted octanol–water partition coefficient (Wildman–Crippen LogP) is 5.96. The highest BCUT2D eigenvalue weighted by atomic mass is 32.1. The van der Waals surface area contributed by atoms with Gasteiger partial charge in [0.2, 0.25) is 11.7 Å². The molecular weight excluding hydrogens is 488 g/mol. The number of carbonyl (C=O) groups is 3. The third-order valence-corrected chi connectivity index (χ3v) is 7.25. The Kier molecular flexibility index (Phi) is 8.41. The van der Waals surface area contributed by atoms with Crippen LogP contribution in [0.5, 0.6) is 0 Å². The zero-order chi connectivity index (χ0) is 26.5. The summed E-state index contributed by atoms with van der Waals surface area (Å²) in [5.74, 6) is -1.26. The molecule has 0 saturated carbocycles. The van der Waals surface area contributed by atoms with Gasteiger partial charge in [0.25, 0.3) is 0 Å². The van der Waals surface area contributed by atoms with Gasteiger partial charge >= 0.3 is 5.97 Å². The fourth-order valence-corrected chi connectivity index (χ4v) is 5.49. The summed E-state index contributed by atoms with van der Waals surface area (Å²) in [6.45, 7) is 8.59. The van der Waals surface area contributed by atoms with Crippen molar-refractivity contribution in [3.8, 4) is 11.1 Å². The summed E-state index contributed by atoms with van der Waals surface area (Å²) in [7, 11) is 0. The Balaban J connectivity index is 1.53. The van der Waals surface area contributed by atoms with Crippen molar-refractivity contribution in [1.29, 1.82) is 0 Å². The van der Waals surface area contributed by atoms with Crippen molar-refractivity contribution in [1.82, 2.24) is 4.57 Å².